The van der Waals surface area contributed by atoms with Gasteiger partial charge in [-0.05, 0) is 24.6 Å². The summed E-state index contributed by atoms with van der Waals surface area (Å²) in [6.07, 6.45) is 6.48. The molecular formula is C12H16N4O. The number of aromatic nitrogens is 3. The third kappa shape index (κ3) is 3.21. The van der Waals surface area contributed by atoms with Gasteiger partial charge in [-0.2, -0.15) is 5.10 Å². The molecule has 5 nitrogen and oxygen atoms in total. The number of nitrogens with zero attached hydrogens (tertiary/aromatic N) is 3. The molecule has 0 aliphatic carbocycles. The van der Waals surface area contributed by atoms with Crippen molar-refractivity contribution in [1.82, 2.24) is 14.8 Å². The molecule has 2 aromatic rings. The molecule has 2 rings (SSSR count). The van der Waals surface area contributed by atoms with Crippen molar-refractivity contribution in [3.05, 3.63) is 36.8 Å². The molecular weight excluding hydrogens is 216 g/mol. The van der Waals surface area contributed by atoms with Gasteiger partial charge in [-0.1, -0.05) is 0 Å². The molecule has 2 heterocycles. The Morgan fingerprint density at radius 3 is 3.06 bits per heavy atom. The average Bonchev–Trinajstić information content (AvgIpc) is 2.88. The van der Waals surface area contributed by atoms with Crippen molar-refractivity contribution >= 4 is 5.82 Å². The molecule has 0 spiro atoms. The third-order valence-corrected chi connectivity index (χ3v) is 2.41. The van der Waals surface area contributed by atoms with Crippen molar-refractivity contribution in [2.45, 2.75) is 13.0 Å². The fraction of sp³-hybridized carbons (Fsp3) is 0.333. The van der Waals surface area contributed by atoms with Crippen LogP contribution >= 0.6 is 0 Å². The molecule has 17 heavy (non-hydrogen) atoms. The number of nitrogens with one attached hydrogen (secondary N) is 1. The van der Waals surface area contributed by atoms with Crippen LogP contribution in [0.3, 0.4) is 0 Å². The van der Waals surface area contributed by atoms with E-state index in [4.69, 9.17) is 4.74 Å². The van der Waals surface area contributed by atoms with E-state index in [1.807, 2.05) is 29.1 Å². The molecule has 0 saturated carbocycles. The number of ether oxygens (including phenoxy) is 1. The van der Waals surface area contributed by atoms with Crippen molar-refractivity contribution in [1.29, 1.82) is 0 Å². The monoisotopic (exact) mass is 232 g/mol. The Morgan fingerprint density at radius 1 is 1.35 bits per heavy atom. The number of pyridine rings is 1. The number of methoxy groups -OCH3 is 1. The van der Waals surface area contributed by atoms with E-state index < -0.39 is 0 Å². The van der Waals surface area contributed by atoms with Crippen molar-refractivity contribution in [2.75, 3.05) is 19.0 Å². The van der Waals surface area contributed by atoms with Crippen molar-refractivity contribution in [3.8, 4) is 5.75 Å². The lowest BCUT2D eigenvalue weighted by Crippen LogP contribution is -2.08. The molecule has 0 aliphatic heterocycles. The minimum absolute atomic E-state index is 0.770. The van der Waals surface area contributed by atoms with Gasteiger partial charge in [-0.3, -0.25) is 4.68 Å². The van der Waals surface area contributed by atoms with Gasteiger partial charge in [0.2, 0.25) is 0 Å². The quantitative estimate of drug-likeness (QED) is 0.771. The zero-order valence-electron chi connectivity index (χ0n) is 9.84. The largest absolute Gasteiger partial charge is 0.493 e. The van der Waals surface area contributed by atoms with E-state index >= 15 is 0 Å². The topological polar surface area (TPSA) is 52.0 Å². The van der Waals surface area contributed by atoms with E-state index in [9.17, 15) is 0 Å². The summed E-state index contributed by atoms with van der Waals surface area (Å²) in [7, 11) is 1.64. The fourth-order valence-corrected chi connectivity index (χ4v) is 1.57. The van der Waals surface area contributed by atoms with Gasteiger partial charge < -0.3 is 10.1 Å². The lowest BCUT2D eigenvalue weighted by Gasteiger charge is -2.09. The van der Waals surface area contributed by atoms with Crippen molar-refractivity contribution in [3.63, 3.8) is 0 Å². The van der Waals surface area contributed by atoms with Crippen LogP contribution in [0, 0.1) is 0 Å². The van der Waals surface area contributed by atoms with Gasteiger partial charge in [0, 0.05) is 31.7 Å². The smallest absolute Gasteiger partial charge is 0.168 e. The van der Waals surface area contributed by atoms with Crippen LogP contribution in [-0.2, 0) is 6.54 Å². The average molecular weight is 232 g/mol. The zero-order valence-corrected chi connectivity index (χ0v) is 9.84. The van der Waals surface area contributed by atoms with Crippen LogP contribution < -0.4 is 10.1 Å². The summed E-state index contributed by atoms with van der Waals surface area (Å²) in [4.78, 5) is 4.23. The Kier molecular flexibility index (Phi) is 3.96. The third-order valence-electron chi connectivity index (χ3n) is 2.41. The van der Waals surface area contributed by atoms with E-state index in [0.717, 1.165) is 31.1 Å². The van der Waals surface area contributed by atoms with Gasteiger partial charge in [0.15, 0.2) is 11.6 Å². The highest BCUT2D eigenvalue weighted by Gasteiger charge is 2.01. The number of rotatable bonds is 6. The van der Waals surface area contributed by atoms with E-state index in [1.165, 1.54) is 0 Å². The van der Waals surface area contributed by atoms with Crippen LogP contribution in [0.4, 0.5) is 5.82 Å². The maximum absolute atomic E-state index is 5.21. The Hall–Kier alpha value is -2.04. The normalized spacial score (nSPS) is 10.2. The molecule has 0 bridgehead atoms. The number of aryl methyl sites for hydroxylation is 1. The van der Waals surface area contributed by atoms with Gasteiger partial charge in [0.25, 0.3) is 0 Å². The number of hydrogen-bond acceptors (Lipinski definition) is 4. The first-order valence-corrected chi connectivity index (χ1v) is 5.60. The van der Waals surface area contributed by atoms with Gasteiger partial charge in [0.1, 0.15) is 0 Å². The molecule has 0 aliphatic rings. The minimum atomic E-state index is 0.770. The molecule has 0 radical (unpaired) electrons. The van der Waals surface area contributed by atoms with E-state index in [2.05, 4.69) is 15.4 Å². The SMILES string of the molecule is COc1cccnc1NCCCn1cccn1. The maximum atomic E-state index is 5.21. The zero-order chi connectivity index (χ0) is 11.9. The second-order valence-electron chi connectivity index (χ2n) is 3.60. The van der Waals surface area contributed by atoms with Gasteiger partial charge in [-0.25, -0.2) is 4.98 Å². The first-order chi connectivity index (χ1) is 8.40. The summed E-state index contributed by atoms with van der Waals surface area (Å²) in [5.41, 5.74) is 0. The molecule has 0 unspecified atom stereocenters. The lowest BCUT2D eigenvalue weighted by molar-refractivity contribution is 0.414. The van der Waals surface area contributed by atoms with E-state index in [0.29, 0.717) is 0 Å². The number of hydrogen-bond donors (Lipinski definition) is 1. The van der Waals surface area contributed by atoms with Gasteiger partial charge >= 0.3 is 0 Å². The summed E-state index contributed by atoms with van der Waals surface area (Å²) in [5.74, 6) is 1.56. The van der Waals surface area contributed by atoms with Crippen LogP contribution in [0.2, 0.25) is 0 Å². The first kappa shape index (κ1) is 11.4. The van der Waals surface area contributed by atoms with Crippen LogP contribution in [0.25, 0.3) is 0 Å². The predicted molar refractivity (Wildman–Crippen MR) is 66.1 cm³/mol. The van der Waals surface area contributed by atoms with Gasteiger partial charge in [-0.15, -0.1) is 0 Å². The Labute approximate surface area is 100 Å². The van der Waals surface area contributed by atoms with Crippen molar-refractivity contribution in [2.24, 2.45) is 0 Å². The summed E-state index contributed by atoms with van der Waals surface area (Å²) in [6, 6.07) is 5.67. The highest BCUT2D eigenvalue weighted by atomic mass is 16.5. The Morgan fingerprint density at radius 2 is 2.29 bits per heavy atom. The molecule has 0 amide bonds. The standard InChI is InChI=1S/C12H16N4O/c1-17-11-5-2-6-13-12(11)14-7-3-9-16-10-4-8-15-16/h2,4-6,8,10H,3,7,9H2,1H3,(H,13,14). The lowest BCUT2D eigenvalue weighted by atomic mass is 10.4. The Bertz CT molecular complexity index is 442. The van der Waals surface area contributed by atoms with Crippen LogP contribution in [-0.4, -0.2) is 28.4 Å². The van der Waals surface area contributed by atoms with E-state index in [-0.39, 0.29) is 0 Å². The number of anilines is 1. The molecule has 0 aromatic carbocycles. The minimum Gasteiger partial charge on any atom is -0.493 e. The van der Waals surface area contributed by atoms with E-state index in [1.54, 1.807) is 19.5 Å². The molecule has 0 saturated heterocycles. The van der Waals surface area contributed by atoms with Crippen LogP contribution in [0.1, 0.15) is 6.42 Å². The summed E-state index contributed by atoms with van der Waals surface area (Å²) in [6.45, 7) is 1.74. The molecule has 0 fully saturated rings. The van der Waals surface area contributed by atoms with Gasteiger partial charge in [0.05, 0.1) is 7.11 Å². The summed E-state index contributed by atoms with van der Waals surface area (Å²) in [5, 5.41) is 7.39. The van der Waals surface area contributed by atoms with Crippen molar-refractivity contribution < 1.29 is 4.74 Å². The summed E-state index contributed by atoms with van der Waals surface area (Å²) >= 11 is 0. The van der Waals surface area contributed by atoms with Crippen LogP contribution in [0.5, 0.6) is 5.75 Å². The molecule has 0 atom stereocenters. The Balaban J connectivity index is 1.78. The molecule has 1 N–H and O–H groups in total. The molecule has 90 valence electrons. The highest BCUT2D eigenvalue weighted by Crippen LogP contribution is 2.19. The second kappa shape index (κ2) is 5.89. The fourth-order valence-electron chi connectivity index (χ4n) is 1.57. The maximum Gasteiger partial charge on any atom is 0.168 e. The van der Waals surface area contributed by atoms with Crippen LogP contribution in [0.15, 0.2) is 36.8 Å². The second-order valence-corrected chi connectivity index (χ2v) is 3.60. The molecule has 5 heteroatoms. The molecule has 2 aromatic heterocycles. The first-order valence-electron chi connectivity index (χ1n) is 5.60. The predicted octanol–water partition coefficient (Wildman–Crippen LogP) is 1.79. The highest BCUT2D eigenvalue weighted by molar-refractivity contribution is 5.49. The summed E-state index contributed by atoms with van der Waals surface area (Å²) < 4.78 is 7.12.